The molecular weight excluding hydrogens is 250 g/mol. The zero-order valence-corrected chi connectivity index (χ0v) is 11.3. The van der Waals surface area contributed by atoms with Gasteiger partial charge in [0, 0.05) is 12.2 Å². The minimum Gasteiger partial charge on any atom is -0.342 e. The van der Waals surface area contributed by atoms with Crippen LogP contribution in [0.25, 0.3) is 0 Å². The third kappa shape index (κ3) is 2.18. The molecule has 0 aliphatic heterocycles. The summed E-state index contributed by atoms with van der Waals surface area (Å²) in [6.07, 6.45) is 2.42. The van der Waals surface area contributed by atoms with E-state index in [9.17, 15) is 4.79 Å². The zero-order chi connectivity index (χ0) is 14.1. The number of carbonyl (C=O) groups is 1. The van der Waals surface area contributed by atoms with Crippen LogP contribution < -0.4 is 11.1 Å². The van der Waals surface area contributed by atoms with Crippen molar-refractivity contribution in [1.29, 1.82) is 0 Å². The smallest absolute Gasteiger partial charge is 0.270 e. The van der Waals surface area contributed by atoms with Crippen molar-refractivity contribution >= 4 is 5.91 Å². The second kappa shape index (κ2) is 5.06. The number of rotatable bonds is 2. The molecule has 2 aromatic rings. The predicted octanol–water partition coefficient (Wildman–Crippen LogP) is 1.74. The molecule has 102 valence electrons. The molecule has 0 fully saturated rings. The first-order valence-corrected chi connectivity index (χ1v) is 6.72. The van der Waals surface area contributed by atoms with Crippen molar-refractivity contribution in [2.45, 2.75) is 25.4 Å². The number of benzene rings is 1. The molecule has 0 saturated carbocycles. The number of pyridine rings is 1. The van der Waals surface area contributed by atoms with Gasteiger partial charge in [-0.3, -0.25) is 9.78 Å². The van der Waals surface area contributed by atoms with Crippen molar-refractivity contribution in [2.75, 3.05) is 0 Å². The van der Waals surface area contributed by atoms with Crippen LogP contribution in [0, 0.1) is 6.92 Å². The summed E-state index contributed by atoms with van der Waals surface area (Å²) in [5, 5.41) is 3.02. The summed E-state index contributed by atoms with van der Waals surface area (Å²) in [5.41, 5.74) is 9.81. The molecule has 3 rings (SSSR count). The van der Waals surface area contributed by atoms with E-state index in [0.29, 0.717) is 5.69 Å². The maximum Gasteiger partial charge on any atom is 0.270 e. The first kappa shape index (κ1) is 12.8. The van der Waals surface area contributed by atoms with E-state index in [4.69, 9.17) is 5.73 Å². The molecule has 3 N–H and O–H groups in total. The quantitative estimate of drug-likeness (QED) is 0.871. The molecule has 1 aromatic heterocycles. The van der Waals surface area contributed by atoms with Crippen LogP contribution in [0.1, 0.15) is 33.2 Å². The Morgan fingerprint density at radius 3 is 2.90 bits per heavy atom. The molecule has 1 aliphatic rings. The first-order valence-electron chi connectivity index (χ1n) is 6.72. The number of nitrogens with two attached hydrogens (primary N) is 1. The van der Waals surface area contributed by atoms with Gasteiger partial charge < -0.3 is 11.1 Å². The Morgan fingerprint density at radius 2 is 2.10 bits per heavy atom. The molecule has 4 nitrogen and oxygen atoms in total. The van der Waals surface area contributed by atoms with E-state index < -0.39 is 0 Å². The fourth-order valence-electron chi connectivity index (χ4n) is 2.74. The highest BCUT2D eigenvalue weighted by Crippen LogP contribution is 2.30. The molecule has 2 unspecified atom stereocenters. The molecule has 0 radical (unpaired) electrons. The largest absolute Gasteiger partial charge is 0.342 e. The monoisotopic (exact) mass is 267 g/mol. The van der Waals surface area contributed by atoms with Crippen LogP contribution in [0.4, 0.5) is 0 Å². The summed E-state index contributed by atoms with van der Waals surface area (Å²) >= 11 is 0. The minimum absolute atomic E-state index is 0.0830. The van der Waals surface area contributed by atoms with E-state index in [2.05, 4.69) is 16.4 Å². The van der Waals surface area contributed by atoms with Crippen molar-refractivity contribution in [3.8, 4) is 0 Å². The van der Waals surface area contributed by atoms with Crippen LogP contribution in [0.15, 0.2) is 42.6 Å². The number of hydrogen-bond donors (Lipinski definition) is 2. The van der Waals surface area contributed by atoms with Gasteiger partial charge in [0.1, 0.15) is 5.69 Å². The Balaban J connectivity index is 1.85. The van der Waals surface area contributed by atoms with Gasteiger partial charge in [-0.1, -0.05) is 30.3 Å². The fourth-order valence-corrected chi connectivity index (χ4v) is 2.74. The predicted molar refractivity (Wildman–Crippen MR) is 77.3 cm³/mol. The number of hydrogen-bond acceptors (Lipinski definition) is 3. The summed E-state index contributed by atoms with van der Waals surface area (Å²) in [5.74, 6) is -0.166. The van der Waals surface area contributed by atoms with Crippen LogP contribution in [0.2, 0.25) is 0 Å². The molecule has 1 heterocycles. The Hall–Kier alpha value is -2.20. The van der Waals surface area contributed by atoms with Gasteiger partial charge in [-0.05, 0) is 36.1 Å². The maximum atomic E-state index is 12.3. The minimum atomic E-state index is -0.166. The van der Waals surface area contributed by atoms with Crippen LogP contribution in [-0.2, 0) is 6.42 Å². The maximum absolute atomic E-state index is 12.3. The van der Waals surface area contributed by atoms with Gasteiger partial charge in [-0.2, -0.15) is 0 Å². The van der Waals surface area contributed by atoms with E-state index in [1.54, 1.807) is 6.20 Å². The number of amides is 1. The Bertz CT molecular complexity index is 654. The summed E-state index contributed by atoms with van der Waals surface area (Å²) < 4.78 is 0. The van der Waals surface area contributed by atoms with Gasteiger partial charge >= 0.3 is 0 Å². The number of carbonyl (C=O) groups excluding carboxylic acids is 1. The second-order valence-electron chi connectivity index (χ2n) is 5.19. The fraction of sp³-hybridized carbons (Fsp3) is 0.250. The van der Waals surface area contributed by atoms with Gasteiger partial charge in [0.25, 0.3) is 5.91 Å². The van der Waals surface area contributed by atoms with Crippen LogP contribution in [0.5, 0.6) is 0 Å². The summed E-state index contributed by atoms with van der Waals surface area (Å²) in [6.45, 7) is 1.88. The van der Waals surface area contributed by atoms with Gasteiger partial charge in [0.15, 0.2) is 0 Å². The van der Waals surface area contributed by atoms with Gasteiger partial charge in [-0.25, -0.2) is 0 Å². The molecule has 20 heavy (non-hydrogen) atoms. The highest BCUT2D eigenvalue weighted by molar-refractivity contribution is 5.94. The Labute approximate surface area is 118 Å². The number of nitrogens with one attached hydrogen (secondary N) is 1. The second-order valence-corrected chi connectivity index (χ2v) is 5.19. The van der Waals surface area contributed by atoms with Crippen LogP contribution in [0.3, 0.4) is 0 Å². The lowest BCUT2D eigenvalue weighted by molar-refractivity contribution is 0.0927. The van der Waals surface area contributed by atoms with E-state index in [-0.39, 0.29) is 18.0 Å². The SMILES string of the molecule is Cc1cccnc1C(=O)NC1c2ccccc2CC1N. The normalized spacial score (nSPS) is 20.5. The van der Waals surface area contributed by atoms with E-state index >= 15 is 0 Å². The highest BCUT2D eigenvalue weighted by atomic mass is 16.2. The Kier molecular flexibility index (Phi) is 3.24. The van der Waals surface area contributed by atoms with Crippen molar-refractivity contribution < 1.29 is 4.79 Å². The third-order valence-corrected chi connectivity index (χ3v) is 3.79. The van der Waals surface area contributed by atoms with E-state index in [1.807, 2.05) is 37.3 Å². The molecule has 0 saturated heterocycles. The van der Waals surface area contributed by atoms with E-state index in [1.165, 1.54) is 5.56 Å². The zero-order valence-electron chi connectivity index (χ0n) is 11.3. The molecular formula is C16H17N3O. The summed E-state index contributed by atoms with van der Waals surface area (Å²) in [4.78, 5) is 16.5. The summed E-state index contributed by atoms with van der Waals surface area (Å²) in [6, 6.07) is 11.5. The number of aryl methyl sites for hydroxylation is 1. The lowest BCUT2D eigenvalue weighted by Gasteiger charge is -2.19. The van der Waals surface area contributed by atoms with Crippen LogP contribution >= 0.6 is 0 Å². The number of aromatic nitrogens is 1. The van der Waals surface area contributed by atoms with Crippen molar-refractivity contribution in [3.05, 3.63) is 65.0 Å². The number of nitrogens with zero attached hydrogens (tertiary/aromatic N) is 1. The first-order chi connectivity index (χ1) is 9.66. The van der Waals surface area contributed by atoms with Gasteiger partial charge in [-0.15, -0.1) is 0 Å². The molecule has 0 bridgehead atoms. The molecule has 2 atom stereocenters. The van der Waals surface area contributed by atoms with E-state index in [0.717, 1.165) is 17.5 Å². The summed E-state index contributed by atoms with van der Waals surface area (Å²) in [7, 11) is 0. The standard InChI is InChI=1S/C16H17N3O/c1-10-5-4-8-18-14(10)16(20)19-15-12-7-3-2-6-11(12)9-13(15)17/h2-8,13,15H,9,17H2,1H3,(H,19,20). The van der Waals surface area contributed by atoms with Gasteiger partial charge in [0.05, 0.1) is 6.04 Å². The molecule has 1 amide bonds. The third-order valence-electron chi connectivity index (χ3n) is 3.79. The Morgan fingerprint density at radius 1 is 1.30 bits per heavy atom. The van der Waals surface area contributed by atoms with Crippen molar-refractivity contribution in [1.82, 2.24) is 10.3 Å². The average Bonchev–Trinajstić information content (AvgIpc) is 2.76. The lowest BCUT2D eigenvalue weighted by atomic mass is 10.1. The number of fused-ring (bicyclic) bond motifs is 1. The van der Waals surface area contributed by atoms with Crippen LogP contribution in [-0.4, -0.2) is 16.9 Å². The molecule has 1 aliphatic carbocycles. The lowest BCUT2D eigenvalue weighted by Crippen LogP contribution is -2.38. The molecule has 1 aromatic carbocycles. The molecule has 4 heteroatoms. The average molecular weight is 267 g/mol. The molecule has 0 spiro atoms. The van der Waals surface area contributed by atoms with Gasteiger partial charge in [0.2, 0.25) is 0 Å². The highest BCUT2D eigenvalue weighted by Gasteiger charge is 2.31. The topological polar surface area (TPSA) is 68.0 Å². The van der Waals surface area contributed by atoms with Crippen molar-refractivity contribution in [3.63, 3.8) is 0 Å². The van der Waals surface area contributed by atoms with Crippen molar-refractivity contribution in [2.24, 2.45) is 5.73 Å².